The molecule has 2 aromatic rings. The van der Waals surface area contributed by atoms with Crippen molar-refractivity contribution >= 4 is 5.97 Å². The standard InChI is InChI=1S/C15H16N2O4/c18-14(19)12-3-1-2-4-13(12)21-10-9-16-7-8-17(15(16)20)11-5-6-11/h1-4,7-8,11H,5-6,9-10H2,(H,18,19). The zero-order valence-corrected chi connectivity index (χ0v) is 11.4. The van der Waals surface area contributed by atoms with Crippen LogP contribution in [-0.4, -0.2) is 26.8 Å². The van der Waals surface area contributed by atoms with Crippen LogP contribution in [0.1, 0.15) is 29.2 Å². The summed E-state index contributed by atoms with van der Waals surface area (Å²) >= 11 is 0. The van der Waals surface area contributed by atoms with Gasteiger partial charge in [-0.15, -0.1) is 0 Å². The fourth-order valence-corrected chi connectivity index (χ4v) is 2.25. The summed E-state index contributed by atoms with van der Waals surface area (Å²) in [6, 6.07) is 6.83. The van der Waals surface area contributed by atoms with Gasteiger partial charge in [-0.2, -0.15) is 0 Å². The van der Waals surface area contributed by atoms with Crippen molar-refractivity contribution in [2.75, 3.05) is 6.61 Å². The smallest absolute Gasteiger partial charge is 0.339 e. The Hall–Kier alpha value is -2.50. The second-order valence-electron chi connectivity index (χ2n) is 5.06. The van der Waals surface area contributed by atoms with Crippen LogP contribution in [-0.2, 0) is 6.54 Å². The molecule has 6 nitrogen and oxygen atoms in total. The van der Waals surface area contributed by atoms with Gasteiger partial charge in [0.15, 0.2) is 0 Å². The van der Waals surface area contributed by atoms with Crippen molar-refractivity contribution in [3.63, 3.8) is 0 Å². The van der Waals surface area contributed by atoms with Crippen molar-refractivity contribution in [3.05, 3.63) is 52.7 Å². The molecule has 1 heterocycles. The number of para-hydroxylation sites is 1. The molecular formula is C15H16N2O4. The minimum Gasteiger partial charge on any atom is -0.491 e. The molecule has 0 aliphatic heterocycles. The summed E-state index contributed by atoms with van der Waals surface area (Å²) in [5, 5.41) is 9.06. The lowest BCUT2D eigenvalue weighted by Crippen LogP contribution is -2.25. The number of carbonyl (C=O) groups is 1. The van der Waals surface area contributed by atoms with Crippen molar-refractivity contribution < 1.29 is 14.6 Å². The number of aromatic carboxylic acids is 1. The Morgan fingerprint density at radius 2 is 2.05 bits per heavy atom. The van der Waals surface area contributed by atoms with Crippen LogP contribution in [0.5, 0.6) is 5.75 Å². The van der Waals surface area contributed by atoms with Gasteiger partial charge in [0.1, 0.15) is 17.9 Å². The molecule has 0 bridgehead atoms. The molecule has 1 fully saturated rings. The average molecular weight is 288 g/mol. The van der Waals surface area contributed by atoms with Gasteiger partial charge in [-0.3, -0.25) is 9.13 Å². The molecular weight excluding hydrogens is 272 g/mol. The van der Waals surface area contributed by atoms with Gasteiger partial charge < -0.3 is 9.84 Å². The molecule has 1 aromatic heterocycles. The average Bonchev–Trinajstić information content (AvgIpc) is 3.25. The zero-order chi connectivity index (χ0) is 14.8. The summed E-state index contributed by atoms with van der Waals surface area (Å²) in [7, 11) is 0. The first-order valence-electron chi connectivity index (χ1n) is 6.89. The molecule has 6 heteroatoms. The monoisotopic (exact) mass is 288 g/mol. The predicted molar refractivity (Wildman–Crippen MR) is 75.9 cm³/mol. The third-order valence-electron chi connectivity index (χ3n) is 3.52. The Morgan fingerprint density at radius 1 is 1.29 bits per heavy atom. The highest BCUT2D eigenvalue weighted by molar-refractivity contribution is 5.90. The molecule has 3 rings (SSSR count). The number of ether oxygens (including phenoxy) is 1. The molecule has 0 saturated heterocycles. The molecule has 1 aliphatic rings. The van der Waals surface area contributed by atoms with E-state index in [1.807, 2.05) is 0 Å². The first-order valence-corrected chi connectivity index (χ1v) is 6.89. The van der Waals surface area contributed by atoms with Crippen LogP contribution in [0.25, 0.3) is 0 Å². The molecule has 1 saturated carbocycles. The highest BCUT2D eigenvalue weighted by Crippen LogP contribution is 2.33. The van der Waals surface area contributed by atoms with Crippen LogP contribution in [0.4, 0.5) is 0 Å². The number of imidazole rings is 1. The first-order chi connectivity index (χ1) is 10.2. The first kappa shape index (κ1) is 13.5. The Bertz CT molecular complexity index is 712. The Balaban J connectivity index is 1.64. The molecule has 0 spiro atoms. The maximum absolute atomic E-state index is 12.0. The maximum atomic E-state index is 12.0. The second kappa shape index (κ2) is 5.47. The van der Waals surface area contributed by atoms with E-state index >= 15 is 0 Å². The number of benzene rings is 1. The van der Waals surface area contributed by atoms with Gasteiger partial charge in [-0.05, 0) is 25.0 Å². The van der Waals surface area contributed by atoms with Gasteiger partial charge in [0.2, 0.25) is 0 Å². The summed E-state index contributed by atoms with van der Waals surface area (Å²) < 4.78 is 8.82. The number of nitrogens with zero attached hydrogens (tertiary/aromatic N) is 2. The molecule has 1 aliphatic carbocycles. The molecule has 110 valence electrons. The topological polar surface area (TPSA) is 73.5 Å². The molecule has 21 heavy (non-hydrogen) atoms. The fourth-order valence-electron chi connectivity index (χ4n) is 2.25. The lowest BCUT2D eigenvalue weighted by molar-refractivity contribution is 0.0692. The van der Waals surface area contributed by atoms with Gasteiger partial charge in [-0.1, -0.05) is 12.1 Å². The quantitative estimate of drug-likeness (QED) is 0.879. The zero-order valence-electron chi connectivity index (χ0n) is 11.4. The molecule has 0 atom stereocenters. The summed E-state index contributed by atoms with van der Waals surface area (Å²) in [6.45, 7) is 0.644. The maximum Gasteiger partial charge on any atom is 0.339 e. The van der Waals surface area contributed by atoms with Crippen molar-refractivity contribution in [2.24, 2.45) is 0 Å². The normalized spacial score (nSPS) is 14.1. The number of aromatic nitrogens is 2. The van der Waals surface area contributed by atoms with Crippen molar-refractivity contribution in [1.29, 1.82) is 0 Å². The number of carboxylic acid groups (broad SMARTS) is 1. The summed E-state index contributed by atoms with van der Waals surface area (Å²) in [6.07, 6.45) is 5.66. The van der Waals surface area contributed by atoms with Gasteiger partial charge in [-0.25, -0.2) is 9.59 Å². The van der Waals surface area contributed by atoms with Crippen LogP contribution in [0.15, 0.2) is 41.5 Å². The minimum absolute atomic E-state index is 0.0346. The Labute approximate surface area is 121 Å². The van der Waals surface area contributed by atoms with Gasteiger partial charge in [0.25, 0.3) is 0 Å². The van der Waals surface area contributed by atoms with Crippen molar-refractivity contribution in [2.45, 2.75) is 25.4 Å². The number of carboxylic acids is 1. The lowest BCUT2D eigenvalue weighted by atomic mass is 10.2. The van der Waals surface area contributed by atoms with E-state index < -0.39 is 5.97 Å². The van der Waals surface area contributed by atoms with E-state index in [9.17, 15) is 9.59 Å². The fraction of sp³-hybridized carbons (Fsp3) is 0.333. The Morgan fingerprint density at radius 3 is 2.76 bits per heavy atom. The highest BCUT2D eigenvalue weighted by atomic mass is 16.5. The van der Waals surface area contributed by atoms with Crippen LogP contribution >= 0.6 is 0 Å². The molecule has 0 radical (unpaired) electrons. The van der Waals surface area contributed by atoms with Crippen LogP contribution in [0.3, 0.4) is 0 Å². The van der Waals surface area contributed by atoms with Gasteiger partial charge in [0.05, 0.1) is 6.54 Å². The van der Waals surface area contributed by atoms with E-state index in [2.05, 4.69) is 0 Å². The number of hydrogen-bond donors (Lipinski definition) is 1. The summed E-state index contributed by atoms with van der Waals surface area (Å²) in [5.41, 5.74) is 0.0908. The largest absolute Gasteiger partial charge is 0.491 e. The Kier molecular flexibility index (Phi) is 3.51. The van der Waals surface area contributed by atoms with Gasteiger partial charge in [0, 0.05) is 18.4 Å². The second-order valence-corrected chi connectivity index (χ2v) is 5.06. The van der Waals surface area contributed by atoms with Crippen molar-refractivity contribution in [1.82, 2.24) is 9.13 Å². The highest BCUT2D eigenvalue weighted by Gasteiger charge is 2.25. The van der Waals surface area contributed by atoms with Crippen LogP contribution in [0.2, 0.25) is 0 Å². The molecule has 0 unspecified atom stereocenters. The van der Waals surface area contributed by atoms with E-state index in [0.29, 0.717) is 18.3 Å². The third kappa shape index (κ3) is 2.84. The number of rotatable bonds is 6. The molecule has 1 aromatic carbocycles. The number of hydrogen-bond acceptors (Lipinski definition) is 3. The van der Waals surface area contributed by atoms with Crippen LogP contribution < -0.4 is 10.4 Å². The lowest BCUT2D eigenvalue weighted by Gasteiger charge is -2.09. The van der Waals surface area contributed by atoms with Gasteiger partial charge >= 0.3 is 11.7 Å². The minimum atomic E-state index is -1.03. The third-order valence-corrected chi connectivity index (χ3v) is 3.52. The van der Waals surface area contributed by atoms with Crippen molar-refractivity contribution in [3.8, 4) is 5.75 Å². The summed E-state index contributed by atoms with van der Waals surface area (Å²) in [4.78, 5) is 23.1. The van der Waals surface area contributed by atoms with E-state index in [1.54, 1.807) is 39.7 Å². The van der Waals surface area contributed by atoms with E-state index in [0.717, 1.165) is 12.8 Å². The molecule has 1 N–H and O–H groups in total. The van der Waals surface area contributed by atoms with E-state index in [1.165, 1.54) is 6.07 Å². The van der Waals surface area contributed by atoms with E-state index in [-0.39, 0.29) is 17.9 Å². The summed E-state index contributed by atoms with van der Waals surface area (Å²) in [5.74, 6) is -0.706. The van der Waals surface area contributed by atoms with Crippen LogP contribution in [0, 0.1) is 0 Å². The SMILES string of the molecule is O=C(O)c1ccccc1OCCn1ccn(C2CC2)c1=O. The predicted octanol–water partition coefficient (Wildman–Crippen LogP) is 1.76. The molecule has 0 amide bonds. The van der Waals surface area contributed by atoms with E-state index in [4.69, 9.17) is 9.84 Å².